The summed E-state index contributed by atoms with van der Waals surface area (Å²) in [5.74, 6) is -1.11. The molecule has 1 heterocycles. The predicted octanol–water partition coefficient (Wildman–Crippen LogP) is 3.63. The molecule has 1 fully saturated rings. The SMILES string of the molecule is C=CCC1([C@H](NC(=O)OCC2c3ccccc3-c3ccccc32)C(=O)O)C[N+](C)(C)C1. The average molecular weight is 422 g/mol. The van der Waals surface area contributed by atoms with E-state index in [0.29, 0.717) is 24.0 Å². The molecule has 6 nitrogen and oxygen atoms in total. The third-order valence-corrected chi connectivity index (χ3v) is 6.50. The number of hydrogen-bond donors (Lipinski definition) is 2. The quantitative estimate of drug-likeness (QED) is 0.529. The smallest absolute Gasteiger partial charge is 0.407 e. The van der Waals surface area contributed by atoms with Crippen molar-refractivity contribution in [2.75, 3.05) is 33.8 Å². The lowest BCUT2D eigenvalue weighted by Gasteiger charge is -2.55. The van der Waals surface area contributed by atoms with Crippen LogP contribution in [0.2, 0.25) is 0 Å². The van der Waals surface area contributed by atoms with Crippen molar-refractivity contribution in [3.8, 4) is 11.1 Å². The number of carboxylic acids is 1. The topological polar surface area (TPSA) is 75.6 Å². The molecule has 1 aliphatic heterocycles. The van der Waals surface area contributed by atoms with Crippen LogP contribution in [-0.2, 0) is 9.53 Å². The van der Waals surface area contributed by atoms with Gasteiger partial charge in [0.15, 0.2) is 0 Å². The molecule has 1 atom stereocenters. The molecule has 6 heteroatoms. The lowest BCUT2D eigenvalue weighted by molar-refractivity contribution is -0.950. The van der Waals surface area contributed by atoms with Crippen molar-refractivity contribution in [2.24, 2.45) is 5.41 Å². The molecule has 0 aromatic heterocycles. The molecule has 0 saturated carbocycles. The van der Waals surface area contributed by atoms with Gasteiger partial charge < -0.3 is 19.6 Å². The number of carbonyl (C=O) groups excluding carboxylic acids is 1. The van der Waals surface area contributed by atoms with Crippen LogP contribution in [0.3, 0.4) is 0 Å². The van der Waals surface area contributed by atoms with Crippen LogP contribution in [0, 0.1) is 5.41 Å². The average Bonchev–Trinajstić information content (AvgIpc) is 3.03. The molecule has 1 aliphatic carbocycles. The van der Waals surface area contributed by atoms with Crippen LogP contribution in [0.25, 0.3) is 11.1 Å². The number of allylic oxidation sites excluding steroid dienone is 1. The lowest BCUT2D eigenvalue weighted by Crippen LogP contribution is -2.73. The Hall–Kier alpha value is -3.12. The summed E-state index contributed by atoms with van der Waals surface area (Å²) in [6, 6.07) is 15.2. The number of quaternary nitrogens is 1. The van der Waals surface area contributed by atoms with E-state index in [2.05, 4.69) is 36.2 Å². The fourth-order valence-corrected chi connectivity index (χ4v) is 5.61. The number of rotatable bonds is 7. The number of amides is 1. The molecule has 31 heavy (non-hydrogen) atoms. The first-order chi connectivity index (χ1) is 14.8. The highest BCUT2D eigenvalue weighted by Crippen LogP contribution is 2.45. The van der Waals surface area contributed by atoms with Crippen LogP contribution < -0.4 is 5.32 Å². The van der Waals surface area contributed by atoms with E-state index in [-0.39, 0.29) is 12.5 Å². The van der Waals surface area contributed by atoms with Crippen molar-refractivity contribution in [1.82, 2.24) is 5.32 Å². The van der Waals surface area contributed by atoms with Gasteiger partial charge in [-0.1, -0.05) is 54.6 Å². The van der Waals surface area contributed by atoms with Gasteiger partial charge in [0.05, 0.1) is 27.2 Å². The first kappa shape index (κ1) is 21.1. The first-order valence-electron chi connectivity index (χ1n) is 10.5. The Labute approximate surface area is 182 Å². The maximum atomic E-state index is 12.7. The highest BCUT2D eigenvalue weighted by atomic mass is 16.5. The number of carbonyl (C=O) groups is 2. The van der Waals surface area contributed by atoms with Gasteiger partial charge in [-0.25, -0.2) is 9.59 Å². The zero-order valence-electron chi connectivity index (χ0n) is 18.0. The van der Waals surface area contributed by atoms with Crippen molar-refractivity contribution in [3.05, 3.63) is 72.3 Å². The summed E-state index contributed by atoms with van der Waals surface area (Å²) in [5, 5.41) is 12.5. The molecule has 2 N–H and O–H groups in total. The number of carboxylic acid groups (broad SMARTS) is 1. The molecule has 2 aromatic carbocycles. The Morgan fingerprint density at radius 3 is 2.19 bits per heavy atom. The van der Waals surface area contributed by atoms with Crippen molar-refractivity contribution in [3.63, 3.8) is 0 Å². The second kappa shape index (κ2) is 7.85. The van der Waals surface area contributed by atoms with Gasteiger partial charge in [0.1, 0.15) is 18.1 Å². The normalized spacial score (nSPS) is 18.8. The molecule has 0 radical (unpaired) electrons. The molecule has 2 aliphatic rings. The Bertz CT molecular complexity index is 976. The second-order valence-corrected chi connectivity index (χ2v) is 9.35. The standard InChI is InChI=1S/C25H28N2O4/c1-4-13-25(15-27(2,3)16-25)22(23(28)29)26-24(30)31-14-21-19-11-7-5-9-17(19)18-10-6-8-12-20(18)21/h4-12,21-22H,1,13-16H2,2-3H3,(H-,26,28,29,30)/p+1/t22-/m1/s1. The monoisotopic (exact) mass is 421 g/mol. The van der Waals surface area contributed by atoms with E-state index in [0.717, 1.165) is 22.3 Å². The highest BCUT2D eigenvalue weighted by molar-refractivity contribution is 5.82. The van der Waals surface area contributed by atoms with Gasteiger partial charge in [-0.2, -0.15) is 0 Å². The van der Waals surface area contributed by atoms with Gasteiger partial charge in [-0.05, 0) is 28.7 Å². The number of fused-ring (bicyclic) bond motifs is 3. The summed E-state index contributed by atoms with van der Waals surface area (Å²) in [4.78, 5) is 24.7. The Morgan fingerprint density at radius 1 is 1.16 bits per heavy atom. The molecule has 2 aromatic rings. The highest BCUT2D eigenvalue weighted by Gasteiger charge is 2.58. The van der Waals surface area contributed by atoms with E-state index in [1.807, 2.05) is 38.4 Å². The number of likely N-dealkylation sites (tertiary alicyclic amines) is 1. The molecular weight excluding hydrogens is 392 g/mol. The Balaban J connectivity index is 1.48. The molecule has 0 unspecified atom stereocenters. The summed E-state index contributed by atoms with van der Waals surface area (Å²) in [7, 11) is 4.10. The first-order valence-corrected chi connectivity index (χ1v) is 10.5. The number of alkyl carbamates (subject to hydrolysis) is 1. The zero-order valence-corrected chi connectivity index (χ0v) is 18.0. The van der Waals surface area contributed by atoms with Crippen LogP contribution in [0.15, 0.2) is 61.2 Å². The minimum Gasteiger partial charge on any atom is -0.480 e. The van der Waals surface area contributed by atoms with E-state index in [1.165, 1.54) is 0 Å². The van der Waals surface area contributed by atoms with E-state index in [9.17, 15) is 14.7 Å². The van der Waals surface area contributed by atoms with Crippen molar-refractivity contribution in [2.45, 2.75) is 18.4 Å². The summed E-state index contributed by atoms with van der Waals surface area (Å²) in [5.41, 5.74) is 3.98. The van der Waals surface area contributed by atoms with Crippen molar-refractivity contribution < 1.29 is 23.9 Å². The number of aliphatic carboxylic acids is 1. The predicted molar refractivity (Wildman–Crippen MR) is 119 cm³/mol. The van der Waals surface area contributed by atoms with Crippen LogP contribution in [-0.4, -0.2) is 61.5 Å². The molecule has 4 rings (SSSR count). The lowest BCUT2D eigenvalue weighted by atomic mass is 9.69. The van der Waals surface area contributed by atoms with E-state index >= 15 is 0 Å². The van der Waals surface area contributed by atoms with E-state index in [4.69, 9.17) is 4.74 Å². The van der Waals surface area contributed by atoms with Gasteiger partial charge in [-0.3, -0.25) is 0 Å². The fraction of sp³-hybridized carbons (Fsp3) is 0.360. The van der Waals surface area contributed by atoms with Gasteiger partial charge in [0.25, 0.3) is 0 Å². The summed E-state index contributed by atoms with van der Waals surface area (Å²) in [6.07, 6.45) is 1.55. The third-order valence-electron chi connectivity index (χ3n) is 6.50. The second-order valence-electron chi connectivity index (χ2n) is 9.35. The van der Waals surface area contributed by atoms with Crippen LogP contribution in [0.1, 0.15) is 23.5 Å². The largest absolute Gasteiger partial charge is 0.480 e. The molecule has 1 saturated heterocycles. The number of nitrogens with zero attached hydrogens (tertiary/aromatic N) is 1. The fourth-order valence-electron chi connectivity index (χ4n) is 5.61. The molecule has 0 bridgehead atoms. The number of hydrogen-bond acceptors (Lipinski definition) is 3. The number of nitrogens with one attached hydrogen (secondary N) is 1. The van der Waals surface area contributed by atoms with Gasteiger partial charge in [0.2, 0.25) is 0 Å². The van der Waals surface area contributed by atoms with Gasteiger partial charge in [-0.15, -0.1) is 6.58 Å². The van der Waals surface area contributed by atoms with Crippen LogP contribution in [0.4, 0.5) is 4.79 Å². The minimum absolute atomic E-state index is 0.0668. The minimum atomic E-state index is -1.05. The van der Waals surface area contributed by atoms with Crippen molar-refractivity contribution >= 4 is 12.1 Å². The summed E-state index contributed by atoms with van der Waals surface area (Å²) in [6.45, 7) is 5.24. The Kier molecular flexibility index (Phi) is 5.35. The molecule has 0 spiro atoms. The molecule has 1 amide bonds. The zero-order chi connectivity index (χ0) is 22.2. The molecular formula is C25H29N2O4+. The van der Waals surface area contributed by atoms with E-state index < -0.39 is 23.5 Å². The van der Waals surface area contributed by atoms with Crippen LogP contribution in [0.5, 0.6) is 0 Å². The maximum absolute atomic E-state index is 12.7. The van der Waals surface area contributed by atoms with Crippen molar-refractivity contribution in [1.29, 1.82) is 0 Å². The number of ether oxygens (including phenoxy) is 1. The summed E-state index contributed by atoms with van der Waals surface area (Å²) >= 11 is 0. The Morgan fingerprint density at radius 2 is 1.71 bits per heavy atom. The third kappa shape index (κ3) is 3.83. The van der Waals surface area contributed by atoms with E-state index in [1.54, 1.807) is 6.08 Å². The maximum Gasteiger partial charge on any atom is 0.407 e. The van der Waals surface area contributed by atoms with Gasteiger partial charge >= 0.3 is 12.1 Å². The van der Waals surface area contributed by atoms with Gasteiger partial charge in [0, 0.05) is 5.92 Å². The summed E-state index contributed by atoms with van der Waals surface area (Å²) < 4.78 is 6.28. The van der Waals surface area contributed by atoms with Crippen LogP contribution >= 0.6 is 0 Å². The molecule has 162 valence electrons. The number of benzene rings is 2.